The van der Waals surface area contributed by atoms with Crippen LogP contribution in [-0.2, 0) is 10.0 Å². The van der Waals surface area contributed by atoms with Gasteiger partial charge in [-0.3, -0.25) is 0 Å². The van der Waals surface area contributed by atoms with E-state index in [1.54, 1.807) is 0 Å². The smallest absolute Gasteiger partial charge is 0.214 e. The van der Waals surface area contributed by atoms with Gasteiger partial charge in [0.15, 0.2) is 0 Å². The molecule has 0 aliphatic carbocycles. The van der Waals surface area contributed by atoms with Gasteiger partial charge in [0.1, 0.15) is 0 Å². The van der Waals surface area contributed by atoms with Crippen molar-refractivity contribution in [2.75, 3.05) is 25.4 Å². The SMILES string of the molecule is CCCS(=O)(=O)N1CCC(O)(CN)CC1. The number of nitrogens with zero attached hydrogens (tertiary/aromatic N) is 1. The molecule has 1 saturated heterocycles. The van der Waals surface area contributed by atoms with Gasteiger partial charge >= 0.3 is 0 Å². The molecule has 15 heavy (non-hydrogen) atoms. The van der Waals surface area contributed by atoms with Crippen LogP contribution in [0.15, 0.2) is 0 Å². The first-order valence-corrected chi connectivity index (χ1v) is 6.95. The fraction of sp³-hybridized carbons (Fsp3) is 1.00. The van der Waals surface area contributed by atoms with Crippen molar-refractivity contribution in [1.29, 1.82) is 0 Å². The molecule has 0 amide bonds. The Morgan fingerprint density at radius 3 is 2.33 bits per heavy atom. The highest BCUT2D eigenvalue weighted by molar-refractivity contribution is 7.89. The summed E-state index contributed by atoms with van der Waals surface area (Å²) in [6.07, 6.45) is 1.50. The lowest BCUT2D eigenvalue weighted by Gasteiger charge is -2.36. The summed E-state index contributed by atoms with van der Waals surface area (Å²) in [4.78, 5) is 0. The van der Waals surface area contributed by atoms with Gasteiger partial charge in [-0.15, -0.1) is 0 Å². The Hall–Kier alpha value is -0.170. The summed E-state index contributed by atoms with van der Waals surface area (Å²) in [5, 5.41) is 9.85. The van der Waals surface area contributed by atoms with Gasteiger partial charge in [-0.2, -0.15) is 0 Å². The van der Waals surface area contributed by atoms with Crippen LogP contribution in [0.2, 0.25) is 0 Å². The second kappa shape index (κ2) is 4.78. The van der Waals surface area contributed by atoms with Crippen molar-refractivity contribution in [3.8, 4) is 0 Å². The van der Waals surface area contributed by atoms with E-state index in [-0.39, 0.29) is 12.3 Å². The van der Waals surface area contributed by atoms with Crippen LogP contribution in [-0.4, -0.2) is 48.8 Å². The summed E-state index contributed by atoms with van der Waals surface area (Å²) < 4.78 is 24.9. The van der Waals surface area contributed by atoms with Crippen LogP contribution in [0.5, 0.6) is 0 Å². The highest BCUT2D eigenvalue weighted by Crippen LogP contribution is 2.23. The van der Waals surface area contributed by atoms with Gasteiger partial charge in [-0.1, -0.05) is 6.92 Å². The van der Waals surface area contributed by atoms with Crippen LogP contribution >= 0.6 is 0 Å². The molecular formula is C9H20N2O3S. The second-order valence-electron chi connectivity index (χ2n) is 4.14. The topological polar surface area (TPSA) is 83.6 Å². The summed E-state index contributed by atoms with van der Waals surface area (Å²) in [7, 11) is -3.11. The number of sulfonamides is 1. The molecule has 0 bridgehead atoms. The summed E-state index contributed by atoms with van der Waals surface area (Å²) >= 11 is 0. The zero-order valence-electron chi connectivity index (χ0n) is 9.15. The molecule has 0 radical (unpaired) electrons. The van der Waals surface area contributed by atoms with Crippen molar-refractivity contribution < 1.29 is 13.5 Å². The molecule has 0 aromatic heterocycles. The van der Waals surface area contributed by atoms with E-state index >= 15 is 0 Å². The van der Waals surface area contributed by atoms with Crippen molar-refractivity contribution in [2.45, 2.75) is 31.8 Å². The third-order valence-corrected chi connectivity index (χ3v) is 4.96. The summed E-state index contributed by atoms with van der Waals surface area (Å²) in [5.41, 5.74) is 4.57. The van der Waals surface area contributed by atoms with E-state index in [1.165, 1.54) is 4.31 Å². The first kappa shape index (κ1) is 12.9. The largest absolute Gasteiger partial charge is 0.388 e. The number of rotatable bonds is 4. The molecule has 1 aliphatic heterocycles. The second-order valence-corrected chi connectivity index (χ2v) is 6.23. The number of piperidine rings is 1. The lowest BCUT2D eigenvalue weighted by atomic mass is 9.93. The highest BCUT2D eigenvalue weighted by atomic mass is 32.2. The van der Waals surface area contributed by atoms with E-state index < -0.39 is 15.6 Å². The maximum absolute atomic E-state index is 11.7. The fourth-order valence-electron chi connectivity index (χ4n) is 1.77. The zero-order chi connectivity index (χ0) is 11.5. The normalized spacial score (nSPS) is 22.9. The number of hydrogen-bond acceptors (Lipinski definition) is 4. The molecule has 1 heterocycles. The Morgan fingerprint density at radius 2 is 1.93 bits per heavy atom. The van der Waals surface area contributed by atoms with E-state index in [1.807, 2.05) is 6.92 Å². The van der Waals surface area contributed by atoms with Crippen LogP contribution < -0.4 is 5.73 Å². The predicted molar refractivity (Wildman–Crippen MR) is 58.9 cm³/mol. The molecule has 90 valence electrons. The lowest BCUT2D eigenvalue weighted by Crippen LogP contribution is -2.50. The molecule has 0 unspecified atom stereocenters. The molecule has 0 atom stereocenters. The van der Waals surface area contributed by atoms with Gasteiger partial charge in [0.2, 0.25) is 10.0 Å². The van der Waals surface area contributed by atoms with E-state index in [2.05, 4.69) is 0 Å². The van der Waals surface area contributed by atoms with Crippen LogP contribution in [0.3, 0.4) is 0 Å². The minimum Gasteiger partial charge on any atom is -0.388 e. The Morgan fingerprint density at radius 1 is 1.40 bits per heavy atom. The summed E-state index contributed by atoms with van der Waals surface area (Å²) in [5.74, 6) is 0.189. The zero-order valence-corrected chi connectivity index (χ0v) is 9.96. The maximum atomic E-state index is 11.7. The molecule has 0 aromatic carbocycles. The van der Waals surface area contributed by atoms with Crippen molar-refractivity contribution in [1.82, 2.24) is 4.31 Å². The van der Waals surface area contributed by atoms with Crippen molar-refractivity contribution >= 4 is 10.0 Å². The van der Waals surface area contributed by atoms with Crippen molar-refractivity contribution in [3.63, 3.8) is 0 Å². The number of nitrogens with two attached hydrogens (primary N) is 1. The molecular weight excluding hydrogens is 216 g/mol. The first-order valence-electron chi connectivity index (χ1n) is 5.34. The molecule has 1 aliphatic rings. The minimum atomic E-state index is -3.11. The monoisotopic (exact) mass is 236 g/mol. The first-order chi connectivity index (χ1) is 6.93. The molecule has 1 rings (SSSR count). The van der Waals surface area contributed by atoms with Gasteiger partial charge in [0.25, 0.3) is 0 Å². The fourth-order valence-corrected chi connectivity index (χ4v) is 3.28. The molecule has 6 heteroatoms. The third kappa shape index (κ3) is 3.14. The van der Waals surface area contributed by atoms with E-state index in [9.17, 15) is 13.5 Å². The van der Waals surface area contributed by atoms with Gasteiger partial charge in [0.05, 0.1) is 11.4 Å². The molecule has 5 nitrogen and oxygen atoms in total. The predicted octanol–water partition coefficient (Wildman–Crippen LogP) is -0.488. The number of aliphatic hydroxyl groups is 1. The standard InChI is InChI=1S/C9H20N2O3S/c1-2-7-15(13,14)11-5-3-9(12,8-10)4-6-11/h12H,2-8,10H2,1H3. The molecule has 0 spiro atoms. The van der Waals surface area contributed by atoms with Crippen LogP contribution in [0.25, 0.3) is 0 Å². The Bertz CT molecular complexity index is 294. The van der Waals surface area contributed by atoms with Crippen molar-refractivity contribution in [3.05, 3.63) is 0 Å². The quantitative estimate of drug-likeness (QED) is 0.690. The Balaban J connectivity index is 2.58. The van der Waals surface area contributed by atoms with Crippen LogP contribution in [0, 0.1) is 0 Å². The average molecular weight is 236 g/mol. The lowest BCUT2D eigenvalue weighted by molar-refractivity contribution is 0.00345. The average Bonchev–Trinajstić information content (AvgIpc) is 2.18. The Labute approximate surface area is 91.3 Å². The van der Waals surface area contributed by atoms with E-state index in [4.69, 9.17) is 5.73 Å². The molecule has 1 fully saturated rings. The van der Waals surface area contributed by atoms with Crippen molar-refractivity contribution in [2.24, 2.45) is 5.73 Å². The molecule has 0 aromatic rings. The van der Waals surface area contributed by atoms with Gasteiger partial charge in [-0.05, 0) is 19.3 Å². The van der Waals surface area contributed by atoms with Crippen LogP contribution in [0.1, 0.15) is 26.2 Å². The van der Waals surface area contributed by atoms with Gasteiger partial charge in [-0.25, -0.2) is 12.7 Å². The summed E-state index contributed by atoms with van der Waals surface area (Å²) in [6, 6.07) is 0. The van der Waals surface area contributed by atoms with Gasteiger partial charge < -0.3 is 10.8 Å². The summed E-state index contributed by atoms with van der Waals surface area (Å²) in [6.45, 7) is 2.82. The molecule has 3 N–H and O–H groups in total. The number of hydrogen-bond donors (Lipinski definition) is 2. The van der Waals surface area contributed by atoms with E-state index in [0.29, 0.717) is 32.4 Å². The highest BCUT2D eigenvalue weighted by Gasteiger charge is 2.34. The van der Waals surface area contributed by atoms with E-state index in [0.717, 1.165) is 0 Å². The Kier molecular flexibility index (Phi) is 4.11. The maximum Gasteiger partial charge on any atom is 0.214 e. The minimum absolute atomic E-state index is 0.189. The third-order valence-electron chi connectivity index (χ3n) is 2.89. The van der Waals surface area contributed by atoms with Crippen LogP contribution in [0.4, 0.5) is 0 Å². The van der Waals surface area contributed by atoms with Gasteiger partial charge in [0, 0.05) is 19.6 Å². The molecule has 0 saturated carbocycles.